The summed E-state index contributed by atoms with van der Waals surface area (Å²) in [6, 6.07) is 0.116. The summed E-state index contributed by atoms with van der Waals surface area (Å²) in [5.41, 5.74) is 1.27. The van der Waals surface area contributed by atoms with Crippen LogP contribution < -0.4 is 5.32 Å². The smallest absolute Gasteiger partial charge is 0.211 e. The highest BCUT2D eigenvalue weighted by atomic mass is 32.2. The molecule has 104 valence electrons. The normalized spacial score (nSPS) is 26.3. The van der Waals surface area contributed by atoms with Crippen LogP contribution in [0.5, 0.6) is 0 Å². The summed E-state index contributed by atoms with van der Waals surface area (Å²) in [5, 5.41) is 3.34. The molecule has 0 aromatic carbocycles. The van der Waals surface area contributed by atoms with Crippen LogP contribution in [-0.2, 0) is 14.8 Å². The topological polar surface area (TPSA) is 58.6 Å². The number of hydrogen-bond donors (Lipinski definition) is 1. The van der Waals surface area contributed by atoms with Gasteiger partial charge in [0.1, 0.15) is 0 Å². The molecule has 0 radical (unpaired) electrons. The molecule has 18 heavy (non-hydrogen) atoms. The Morgan fingerprint density at radius 2 is 2.39 bits per heavy atom. The number of nitrogens with one attached hydrogen (secondary N) is 1. The van der Waals surface area contributed by atoms with Crippen molar-refractivity contribution < 1.29 is 13.2 Å². The van der Waals surface area contributed by atoms with E-state index in [2.05, 4.69) is 11.4 Å². The number of sulfonamides is 1. The first-order valence-electron chi connectivity index (χ1n) is 6.50. The SMILES string of the molecule is CS(=O)(=O)N1CCC[C@@H]1CNCC1=CCCOC1. The van der Waals surface area contributed by atoms with E-state index < -0.39 is 10.0 Å². The maximum absolute atomic E-state index is 11.6. The van der Waals surface area contributed by atoms with Gasteiger partial charge >= 0.3 is 0 Å². The van der Waals surface area contributed by atoms with E-state index in [4.69, 9.17) is 4.74 Å². The minimum atomic E-state index is -3.05. The second-order valence-electron chi connectivity index (χ2n) is 5.00. The van der Waals surface area contributed by atoms with E-state index >= 15 is 0 Å². The molecule has 1 saturated heterocycles. The molecule has 2 rings (SSSR count). The highest BCUT2D eigenvalue weighted by Gasteiger charge is 2.30. The van der Waals surface area contributed by atoms with E-state index in [1.54, 1.807) is 4.31 Å². The van der Waals surface area contributed by atoms with Gasteiger partial charge in [-0.1, -0.05) is 6.08 Å². The molecule has 0 aromatic heterocycles. The summed E-state index contributed by atoms with van der Waals surface area (Å²) < 4.78 is 30.1. The molecule has 6 heteroatoms. The molecule has 2 aliphatic heterocycles. The monoisotopic (exact) mass is 274 g/mol. The lowest BCUT2D eigenvalue weighted by molar-refractivity contribution is 0.148. The molecule has 0 bridgehead atoms. The predicted molar refractivity (Wildman–Crippen MR) is 71.0 cm³/mol. The van der Waals surface area contributed by atoms with Gasteiger partial charge in [0.15, 0.2) is 0 Å². The van der Waals surface area contributed by atoms with Crippen molar-refractivity contribution in [1.82, 2.24) is 9.62 Å². The van der Waals surface area contributed by atoms with Crippen LogP contribution in [0, 0.1) is 0 Å². The van der Waals surface area contributed by atoms with Gasteiger partial charge in [-0.2, -0.15) is 4.31 Å². The summed E-state index contributed by atoms with van der Waals surface area (Å²) in [6.45, 7) is 3.71. The van der Waals surface area contributed by atoms with Crippen molar-refractivity contribution >= 4 is 10.0 Å². The summed E-state index contributed by atoms with van der Waals surface area (Å²) in [7, 11) is -3.05. The van der Waals surface area contributed by atoms with Gasteiger partial charge in [-0.3, -0.25) is 0 Å². The fourth-order valence-electron chi connectivity index (χ4n) is 2.58. The van der Waals surface area contributed by atoms with Crippen molar-refractivity contribution in [2.75, 3.05) is 39.1 Å². The van der Waals surface area contributed by atoms with Crippen LogP contribution in [0.4, 0.5) is 0 Å². The molecule has 1 N–H and O–H groups in total. The first-order chi connectivity index (χ1) is 8.57. The van der Waals surface area contributed by atoms with E-state index in [-0.39, 0.29) is 6.04 Å². The molecule has 1 atom stereocenters. The lowest BCUT2D eigenvalue weighted by atomic mass is 10.2. The first kappa shape index (κ1) is 14.0. The minimum absolute atomic E-state index is 0.116. The minimum Gasteiger partial charge on any atom is -0.377 e. The number of ether oxygens (including phenoxy) is 1. The quantitative estimate of drug-likeness (QED) is 0.735. The van der Waals surface area contributed by atoms with E-state index in [1.807, 2.05) is 0 Å². The average Bonchev–Trinajstić information content (AvgIpc) is 2.78. The van der Waals surface area contributed by atoms with Gasteiger partial charge in [-0.25, -0.2) is 8.42 Å². The summed E-state index contributed by atoms with van der Waals surface area (Å²) in [4.78, 5) is 0. The first-order valence-corrected chi connectivity index (χ1v) is 8.35. The largest absolute Gasteiger partial charge is 0.377 e. The highest BCUT2D eigenvalue weighted by Crippen LogP contribution is 2.19. The highest BCUT2D eigenvalue weighted by molar-refractivity contribution is 7.88. The van der Waals surface area contributed by atoms with E-state index in [0.717, 1.165) is 39.0 Å². The van der Waals surface area contributed by atoms with Gasteiger partial charge in [-0.05, 0) is 24.8 Å². The summed E-state index contributed by atoms with van der Waals surface area (Å²) >= 11 is 0. The summed E-state index contributed by atoms with van der Waals surface area (Å²) in [6.07, 6.45) is 6.40. The van der Waals surface area contributed by atoms with Gasteiger partial charge in [0.05, 0.1) is 19.5 Å². The Labute approximate surface area is 109 Å². The van der Waals surface area contributed by atoms with Crippen molar-refractivity contribution in [3.05, 3.63) is 11.6 Å². The molecule has 2 heterocycles. The van der Waals surface area contributed by atoms with Crippen LogP contribution in [0.2, 0.25) is 0 Å². The second-order valence-corrected chi connectivity index (χ2v) is 6.94. The number of rotatable bonds is 5. The third-order valence-electron chi connectivity index (χ3n) is 3.46. The molecule has 2 aliphatic rings. The lowest BCUT2D eigenvalue weighted by Gasteiger charge is -2.23. The zero-order valence-corrected chi connectivity index (χ0v) is 11.7. The Morgan fingerprint density at radius 1 is 1.56 bits per heavy atom. The van der Waals surface area contributed by atoms with Crippen LogP contribution in [0.25, 0.3) is 0 Å². The van der Waals surface area contributed by atoms with Crippen molar-refractivity contribution in [2.24, 2.45) is 0 Å². The van der Waals surface area contributed by atoms with Gasteiger partial charge < -0.3 is 10.1 Å². The molecular formula is C12H22N2O3S. The Bertz CT molecular complexity index is 406. The summed E-state index contributed by atoms with van der Waals surface area (Å²) in [5.74, 6) is 0. The van der Waals surface area contributed by atoms with Crippen molar-refractivity contribution in [3.63, 3.8) is 0 Å². The van der Waals surface area contributed by atoms with Gasteiger partial charge in [0, 0.05) is 25.7 Å². The van der Waals surface area contributed by atoms with Crippen LogP contribution in [0.15, 0.2) is 11.6 Å². The van der Waals surface area contributed by atoms with E-state index in [0.29, 0.717) is 13.2 Å². The molecule has 0 spiro atoms. The molecule has 5 nitrogen and oxygen atoms in total. The van der Waals surface area contributed by atoms with E-state index in [9.17, 15) is 8.42 Å². The molecule has 1 fully saturated rings. The van der Waals surface area contributed by atoms with Crippen molar-refractivity contribution in [3.8, 4) is 0 Å². The Kier molecular flexibility index (Phi) is 4.77. The van der Waals surface area contributed by atoms with Crippen LogP contribution in [0.1, 0.15) is 19.3 Å². The maximum atomic E-state index is 11.6. The molecule has 0 aliphatic carbocycles. The van der Waals surface area contributed by atoms with E-state index in [1.165, 1.54) is 11.8 Å². The fourth-order valence-corrected chi connectivity index (χ4v) is 3.76. The maximum Gasteiger partial charge on any atom is 0.211 e. The second kappa shape index (κ2) is 6.14. The molecule has 0 saturated carbocycles. The zero-order valence-electron chi connectivity index (χ0n) is 10.9. The molecule has 0 amide bonds. The number of nitrogens with zero attached hydrogens (tertiary/aromatic N) is 1. The lowest BCUT2D eigenvalue weighted by Crippen LogP contribution is -2.41. The standard InChI is InChI=1S/C12H22N2O3S/c1-18(15,16)14-6-2-5-12(14)9-13-8-11-4-3-7-17-10-11/h4,12-13H,2-3,5-10H2,1H3/t12-/m1/s1. The molecule has 0 unspecified atom stereocenters. The van der Waals surface area contributed by atoms with Crippen LogP contribution >= 0.6 is 0 Å². The van der Waals surface area contributed by atoms with Gasteiger partial charge in [0.2, 0.25) is 10.0 Å². The Morgan fingerprint density at radius 3 is 3.06 bits per heavy atom. The number of hydrogen-bond acceptors (Lipinski definition) is 4. The zero-order chi connectivity index (χ0) is 13.0. The average molecular weight is 274 g/mol. The predicted octanol–water partition coefficient (Wildman–Crippen LogP) is 0.347. The van der Waals surface area contributed by atoms with Crippen molar-refractivity contribution in [2.45, 2.75) is 25.3 Å². The Hall–Kier alpha value is -0.430. The third kappa shape index (κ3) is 3.78. The van der Waals surface area contributed by atoms with Crippen molar-refractivity contribution in [1.29, 1.82) is 0 Å². The Balaban J connectivity index is 1.77. The fraction of sp³-hybridized carbons (Fsp3) is 0.833. The van der Waals surface area contributed by atoms with Crippen LogP contribution in [0.3, 0.4) is 0 Å². The van der Waals surface area contributed by atoms with Crippen LogP contribution in [-0.4, -0.2) is 57.9 Å². The molecular weight excluding hydrogens is 252 g/mol. The molecule has 0 aromatic rings. The third-order valence-corrected chi connectivity index (χ3v) is 4.80. The van der Waals surface area contributed by atoms with Gasteiger partial charge in [-0.15, -0.1) is 0 Å². The van der Waals surface area contributed by atoms with Gasteiger partial charge in [0.25, 0.3) is 0 Å².